The van der Waals surface area contributed by atoms with Crippen LogP contribution in [0, 0.1) is 0 Å². The van der Waals surface area contributed by atoms with Gasteiger partial charge in [0.25, 0.3) is 0 Å². The fraction of sp³-hybridized carbons (Fsp3) is 0.500. The summed E-state index contributed by atoms with van der Waals surface area (Å²) in [5, 5.41) is 0. The Labute approximate surface area is 123 Å². The minimum atomic E-state index is -3.73. The summed E-state index contributed by atoms with van der Waals surface area (Å²) >= 11 is 4.84. The van der Waals surface area contributed by atoms with Crippen LogP contribution in [0.5, 0.6) is 0 Å². The van der Waals surface area contributed by atoms with E-state index in [4.69, 9.17) is 22.7 Å². The second kappa shape index (κ2) is 6.13. The molecule has 1 aliphatic rings. The van der Waals surface area contributed by atoms with Gasteiger partial charge in [-0.05, 0) is 31.9 Å². The number of aromatic nitrogens is 1. The maximum Gasteiger partial charge on any atom is 0.243 e. The van der Waals surface area contributed by atoms with E-state index in [1.165, 1.54) is 18.3 Å². The Morgan fingerprint density at radius 2 is 2.40 bits per heavy atom. The molecule has 0 bridgehead atoms. The first kappa shape index (κ1) is 15.3. The molecule has 1 aromatic rings. The Kier molecular flexibility index (Phi) is 4.69. The lowest BCUT2D eigenvalue weighted by molar-refractivity contribution is 0.0902. The number of hydrogen-bond donors (Lipinski definition) is 2. The average Bonchev–Trinajstić information content (AvgIpc) is 2.92. The van der Waals surface area contributed by atoms with Crippen molar-refractivity contribution in [1.82, 2.24) is 9.71 Å². The van der Waals surface area contributed by atoms with E-state index in [1.807, 2.05) is 0 Å². The molecule has 6 nitrogen and oxygen atoms in total. The fourth-order valence-electron chi connectivity index (χ4n) is 2.17. The van der Waals surface area contributed by atoms with Crippen LogP contribution in [0.15, 0.2) is 23.2 Å². The molecule has 8 heteroatoms. The highest BCUT2D eigenvalue weighted by Gasteiger charge is 2.28. The van der Waals surface area contributed by atoms with Crippen LogP contribution in [-0.4, -0.2) is 37.1 Å². The van der Waals surface area contributed by atoms with Gasteiger partial charge in [0.05, 0.1) is 6.10 Å². The summed E-state index contributed by atoms with van der Waals surface area (Å²) in [4.78, 5) is 3.88. The van der Waals surface area contributed by atoms with Gasteiger partial charge in [-0.1, -0.05) is 12.2 Å². The maximum atomic E-state index is 12.4. The zero-order valence-electron chi connectivity index (χ0n) is 11.1. The van der Waals surface area contributed by atoms with Gasteiger partial charge in [0.1, 0.15) is 15.6 Å². The van der Waals surface area contributed by atoms with Gasteiger partial charge in [0, 0.05) is 18.8 Å². The Morgan fingerprint density at radius 1 is 1.65 bits per heavy atom. The van der Waals surface area contributed by atoms with Crippen molar-refractivity contribution >= 4 is 27.2 Å². The predicted octanol–water partition coefficient (Wildman–Crippen LogP) is 0.562. The van der Waals surface area contributed by atoms with Crippen LogP contribution < -0.4 is 10.5 Å². The van der Waals surface area contributed by atoms with E-state index in [9.17, 15) is 8.42 Å². The Balaban J connectivity index is 2.24. The number of nitrogens with one attached hydrogen (secondary N) is 1. The molecule has 0 spiro atoms. The smallest absolute Gasteiger partial charge is 0.243 e. The van der Waals surface area contributed by atoms with Crippen LogP contribution >= 0.6 is 12.2 Å². The number of hydrogen-bond acceptors (Lipinski definition) is 5. The molecule has 1 saturated heterocycles. The standard InChI is InChI=1S/C12H17N3O3S2/c1-8(9-4-3-7-18-9)15-20(16,17)10-5-2-6-14-11(10)12(13)19/h2,5-6,8-9,15H,3-4,7H2,1H3,(H2,13,19). The van der Waals surface area contributed by atoms with Gasteiger partial charge in [-0.25, -0.2) is 13.1 Å². The van der Waals surface area contributed by atoms with Crippen LogP contribution in [0.1, 0.15) is 25.5 Å². The van der Waals surface area contributed by atoms with Crippen molar-refractivity contribution in [2.45, 2.75) is 36.8 Å². The van der Waals surface area contributed by atoms with Gasteiger partial charge in [0.15, 0.2) is 0 Å². The summed E-state index contributed by atoms with van der Waals surface area (Å²) in [5.74, 6) is 0. The van der Waals surface area contributed by atoms with E-state index in [0.29, 0.717) is 6.61 Å². The van der Waals surface area contributed by atoms with Crippen LogP contribution in [0.2, 0.25) is 0 Å². The van der Waals surface area contributed by atoms with E-state index in [0.717, 1.165) is 12.8 Å². The summed E-state index contributed by atoms with van der Waals surface area (Å²) in [6, 6.07) is 2.65. The molecule has 0 saturated carbocycles. The molecule has 2 heterocycles. The van der Waals surface area contributed by atoms with Crippen molar-refractivity contribution in [1.29, 1.82) is 0 Å². The number of pyridine rings is 1. The summed E-state index contributed by atoms with van der Waals surface area (Å²) in [7, 11) is -3.73. The third-order valence-corrected chi connectivity index (χ3v) is 4.94. The van der Waals surface area contributed by atoms with Crippen LogP contribution in [0.4, 0.5) is 0 Å². The first-order valence-corrected chi connectivity index (χ1v) is 8.19. The van der Waals surface area contributed by atoms with E-state index < -0.39 is 10.0 Å². The van der Waals surface area contributed by atoms with E-state index in [2.05, 4.69) is 9.71 Å². The number of sulfonamides is 1. The van der Waals surface area contributed by atoms with E-state index >= 15 is 0 Å². The highest BCUT2D eigenvalue weighted by molar-refractivity contribution is 7.89. The van der Waals surface area contributed by atoms with Crippen molar-refractivity contribution in [2.24, 2.45) is 5.73 Å². The molecular weight excluding hydrogens is 298 g/mol. The molecule has 2 unspecified atom stereocenters. The molecule has 110 valence electrons. The molecule has 1 aromatic heterocycles. The normalized spacial score (nSPS) is 20.8. The third kappa shape index (κ3) is 3.32. The molecule has 1 aliphatic heterocycles. The van der Waals surface area contributed by atoms with Crippen molar-refractivity contribution in [3.05, 3.63) is 24.0 Å². The van der Waals surface area contributed by atoms with Gasteiger partial charge in [-0.15, -0.1) is 0 Å². The minimum Gasteiger partial charge on any atom is -0.388 e. The molecule has 20 heavy (non-hydrogen) atoms. The average molecular weight is 315 g/mol. The molecular formula is C12H17N3O3S2. The van der Waals surface area contributed by atoms with Crippen LogP contribution in [0.3, 0.4) is 0 Å². The summed E-state index contributed by atoms with van der Waals surface area (Å²) in [6.45, 7) is 2.45. The Bertz CT molecular complexity index is 598. The fourth-order valence-corrected chi connectivity index (χ4v) is 3.84. The third-order valence-electron chi connectivity index (χ3n) is 3.16. The number of nitrogens with zero attached hydrogens (tertiary/aromatic N) is 1. The molecule has 3 N–H and O–H groups in total. The van der Waals surface area contributed by atoms with Gasteiger partial charge in [-0.2, -0.15) is 0 Å². The van der Waals surface area contributed by atoms with Crippen LogP contribution in [-0.2, 0) is 14.8 Å². The SMILES string of the molecule is CC(NS(=O)(=O)c1cccnc1C(N)=S)C1CCCO1. The number of nitrogens with two attached hydrogens (primary N) is 1. The van der Waals surface area contributed by atoms with Gasteiger partial charge >= 0.3 is 0 Å². The second-order valence-electron chi connectivity index (χ2n) is 4.68. The van der Waals surface area contributed by atoms with E-state index in [-0.39, 0.29) is 27.7 Å². The highest BCUT2D eigenvalue weighted by atomic mass is 32.2. The summed E-state index contributed by atoms with van der Waals surface area (Å²) in [5.41, 5.74) is 5.62. The van der Waals surface area contributed by atoms with Gasteiger partial charge < -0.3 is 10.5 Å². The van der Waals surface area contributed by atoms with Crippen molar-refractivity contribution < 1.29 is 13.2 Å². The number of thiocarbonyl (C=S) groups is 1. The van der Waals surface area contributed by atoms with Crippen molar-refractivity contribution in [3.8, 4) is 0 Å². The quantitative estimate of drug-likeness (QED) is 0.771. The topological polar surface area (TPSA) is 94.3 Å². The first-order valence-electron chi connectivity index (χ1n) is 6.30. The molecule has 1 fully saturated rings. The van der Waals surface area contributed by atoms with Crippen molar-refractivity contribution in [3.63, 3.8) is 0 Å². The zero-order valence-corrected chi connectivity index (χ0v) is 12.7. The lowest BCUT2D eigenvalue weighted by atomic mass is 10.1. The van der Waals surface area contributed by atoms with Crippen molar-refractivity contribution in [2.75, 3.05) is 6.61 Å². The van der Waals surface area contributed by atoms with Crippen LogP contribution in [0.25, 0.3) is 0 Å². The lowest BCUT2D eigenvalue weighted by Gasteiger charge is -2.20. The summed E-state index contributed by atoms with van der Waals surface area (Å²) in [6.07, 6.45) is 3.15. The number of ether oxygens (including phenoxy) is 1. The largest absolute Gasteiger partial charge is 0.388 e. The molecule has 0 aliphatic carbocycles. The zero-order chi connectivity index (χ0) is 14.8. The molecule has 0 amide bonds. The van der Waals surface area contributed by atoms with E-state index in [1.54, 1.807) is 6.92 Å². The highest BCUT2D eigenvalue weighted by Crippen LogP contribution is 2.19. The molecule has 2 atom stereocenters. The Hall–Kier alpha value is -1.09. The first-order chi connectivity index (χ1) is 9.42. The summed E-state index contributed by atoms with van der Waals surface area (Å²) < 4.78 is 32.9. The monoisotopic (exact) mass is 315 g/mol. The molecule has 0 radical (unpaired) electrons. The minimum absolute atomic E-state index is 0.00246. The lowest BCUT2D eigenvalue weighted by Crippen LogP contribution is -2.41. The Morgan fingerprint density at radius 3 is 3.00 bits per heavy atom. The molecule has 2 rings (SSSR count). The second-order valence-corrected chi connectivity index (χ2v) is 6.80. The number of rotatable bonds is 5. The van der Waals surface area contributed by atoms with Gasteiger partial charge in [-0.3, -0.25) is 4.98 Å². The molecule has 0 aromatic carbocycles. The predicted molar refractivity (Wildman–Crippen MR) is 78.9 cm³/mol. The maximum absolute atomic E-state index is 12.4. The van der Waals surface area contributed by atoms with Gasteiger partial charge in [0.2, 0.25) is 10.0 Å².